The predicted octanol–water partition coefficient (Wildman–Crippen LogP) is 3.61. The fraction of sp³-hybridized carbons (Fsp3) is 0. The summed E-state index contributed by atoms with van der Waals surface area (Å²) in [5, 5.41) is 5.50. The van der Waals surface area contributed by atoms with E-state index in [1.165, 1.54) is 24.5 Å². The lowest BCUT2D eigenvalue weighted by Crippen LogP contribution is -2.14. The molecule has 3 rings (SSSR count). The molecule has 114 valence electrons. The summed E-state index contributed by atoms with van der Waals surface area (Å²) in [6, 6.07) is 15.4. The Morgan fingerprint density at radius 3 is 2.26 bits per heavy atom. The van der Waals surface area contributed by atoms with Crippen LogP contribution < -0.4 is 10.6 Å². The average Bonchev–Trinajstić information content (AvgIpc) is 2.58. The standard InChI is InChI=1S/C17H13FN4O/c18-14-8-4-5-9-15(14)22-16(23)12-10-19-17(20-11-12)21-13-6-2-1-3-7-13/h1-11H,(H,22,23)(H,19,20,21). The Hall–Kier alpha value is -3.28. The van der Waals surface area contributed by atoms with Crippen molar-refractivity contribution in [2.24, 2.45) is 0 Å². The lowest BCUT2D eigenvalue weighted by atomic mass is 10.2. The van der Waals surface area contributed by atoms with Gasteiger partial charge in [-0.1, -0.05) is 30.3 Å². The lowest BCUT2D eigenvalue weighted by molar-refractivity contribution is 0.102. The summed E-state index contributed by atoms with van der Waals surface area (Å²) in [7, 11) is 0. The molecule has 0 fully saturated rings. The maximum Gasteiger partial charge on any atom is 0.258 e. The quantitative estimate of drug-likeness (QED) is 0.772. The van der Waals surface area contributed by atoms with Crippen molar-refractivity contribution in [1.29, 1.82) is 0 Å². The van der Waals surface area contributed by atoms with Gasteiger partial charge >= 0.3 is 0 Å². The normalized spacial score (nSPS) is 10.1. The zero-order valence-corrected chi connectivity index (χ0v) is 12.0. The van der Waals surface area contributed by atoms with Crippen LogP contribution in [0.3, 0.4) is 0 Å². The Kier molecular flexibility index (Phi) is 4.24. The van der Waals surface area contributed by atoms with E-state index in [1.807, 2.05) is 30.3 Å². The summed E-state index contributed by atoms with van der Waals surface area (Å²) in [6.45, 7) is 0. The fourth-order valence-electron chi connectivity index (χ4n) is 1.92. The van der Waals surface area contributed by atoms with Gasteiger partial charge in [0.1, 0.15) is 5.82 Å². The van der Waals surface area contributed by atoms with E-state index in [0.29, 0.717) is 5.95 Å². The predicted molar refractivity (Wildman–Crippen MR) is 86.1 cm³/mol. The highest BCUT2D eigenvalue weighted by Gasteiger charge is 2.10. The van der Waals surface area contributed by atoms with Gasteiger partial charge in [-0.15, -0.1) is 0 Å². The van der Waals surface area contributed by atoms with Gasteiger partial charge in [0.05, 0.1) is 11.3 Å². The molecule has 0 radical (unpaired) electrons. The minimum Gasteiger partial charge on any atom is -0.324 e. The number of para-hydroxylation sites is 2. The summed E-state index contributed by atoms with van der Waals surface area (Å²) in [4.78, 5) is 20.2. The van der Waals surface area contributed by atoms with E-state index in [4.69, 9.17) is 0 Å². The highest BCUT2D eigenvalue weighted by atomic mass is 19.1. The van der Waals surface area contributed by atoms with E-state index in [1.54, 1.807) is 12.1 Å². The number of amides is 1. The van der Waals surface area contributed by atoms with Gasteiger partial charge in [-0.05, 0) is 24.3 Å². The number of benzene rings is 2. The van der Waals surface area contributed by atoms with Gasteiger partial charge < -0.3 is 10.6 Å². The Bertz CT molecular complexity index is 806. The van der Waals surface area contributed by atoms with Crippen LogP contribution in [0.2, 0.25) is 0 Å². The summed E-state index contributed by atoms with van der Waals surface area (Å²) in [5.74, 6) is -0.593. The van der Waals surface area contributed by atoms with Crippen LogP contribution in [0.15, 0.2) is 67.0 Å². The first-order valence-electron chi connectivity index (χ1n) is 6.92. The van der Waals surface area contributed by atoms with Crippen molar-refractivity contribution in [3.8, 4) is 0 Å². The van der Waals surface area contributed by atoms with Crippen molar-refractivity contribution in [1.82, 2.24) is 9.97 Å². The van der Waals surface area contributed by atoms with E-state index in [-0.39, 0.29) is 11.3 Å². The highest BCUT2D eigenvalue weighted by molar-refractivity contribution is 6.03. The largest absolute Gasteiger partial charge is 0.324 e. The topological polar surface area (TPSA) is 66.9 Å². The number of carbonyl (C=O) groups excluding carboxylic acids is 1. The third-order valence-electron chi connectivity index (χ3n) is 3.07. The van der Waals surface area contributed by atoms with Gasteiger partial charge in [0, 0.05) is 18.1 Å². The molecule has 0 bridgehead atoms. The molecule has 2 N–H and O–H groups in total. The van der Waals surface area contributed by atoms with Crippen LogP contribution in [0.4, 0.5) is 21.7 Å². The number of carbonyl (C=O) groups is 1. The second-order valence-electron chi connectivity index (χ2n) is 4.72. The monoisotopic (exact) mass is 308 g/mol. The van der Waals surface area contributed by atoms with Gasteiger partial charge in [0.15, 0.2) is 0 Å². The van der Waals surface area contributed by atoms with Crippen LogP contribution in [0.25, 0.3) is 0 Å². The molecular weight excluding hydrogens is 295 g/mol. The molecule has 0 aliphatic rings. The SMILES string of the molecule is O=C(Nc1ccccc1F)c1cnc(Nc2ccccc2)nc1. The second kappa shape index (κ2) is 6.65. The van der Waals surface area contributed by atoms with E-state index in [9.17, 15) is 9.18 Å². The maximum absolute atomic E-state index is 13.5. The lowest BCUT2D eigenvalue weighted by Gasteiger charge is -2.07. The number of nitrogens with one attached hydrogen (secondary N) is 2. The summed E-state index contributed by atoms with van der Waals surface area (Å²) in [6.07, 6.45) is 2.77. The van der Waals surface area contributed by atoms with E-state index < -0.39 is 11.7 Å². The van der Waals surface area contributed by atoms with Crippen LogP contribution in [0, 0.1) is 5.82 Å². The van der Waals surface area contributed by atoms with Crippen molar-refractivity contribution in [2.75, 3.05) is 10.6 Å². The second-order valence-corrected chi connectivity index (χ2v) is 4.72. The Morgan fingerprint density at radius 1 is 0.913 bits per heavy atom. The van der Waals surface area contributed by atoms with Crippen LogP contribution in [0.5, 0.6) is 0 Å². The molecule has 3 aromatic rings. The molecule has 2 aromatic carbocycles. The number of nitrogens with zero attached hydrogens (tertiary/aromatic N) is 2. The molecular formula is C17H13FN4O. The van der Waals surface area contributed by atoms with E-state index >= 15 is 0 Å². The molecule has 23 heavy (non-hydrogen) atoms. The summed E-state index contributed by atoms with van der Waals surface area (Å²) >= 11 is 0. The summed E-state index contributed by atoms with van der Waals surface area (Å²) < 4.78 is 13.5. The van der Waals surface area contributed by atoms with Crippen molar-refractivity contribution in [2.45, 2.75) is 0 Å². The van der Waals surface area contributed by atoms with Gasteiger partial charge in [0.2, 0.25) is 5.95 Å². The Labute approximate surface area is 132 Å². The number of hydrogen-bond acceptors (Lipinski definition) is 4. The molecule has 0 spiro atoms. The van der Waals surface area contributed by atoms with Crippen molar-refractivity contribution >= 4 is 23.2 Å². The summed E-state index contributed by atoms with van der Waals surface area (Å²) in [5.41, 5.74) is 1.20. The molecule has 0 saturated heterocycles. The van der Waals surface area contributed by atoms with Gasteiger partial charge in [-0.2, -0.15) is 0 Å². The van der Waals surface area contributed by atoms with Crippen molar-refractivity contribution < 1.29 is 9.18 Å². The molecule has 5 nitrogen and oxygen atoms in total. The minimum atomic E-state index is -0.496. The first kappa shape index (κ1) is 14.6. The highest BCUT2D eigenvalue weighted by Crippen LogP contribution is 2.15. The molecule has 0 unspecified atom stereocenters. The van der Waals surface area contributed by atoms with Crippen LogP contribution in [0.1, 0.15) is 10.4 Å². The molecule has 6 heteroatoms. The van der Waals surface area contributed by atoms with E-state index in [0.717, 1.165) is 5.69 Å². The number of aromatic nitrogens is 2. The van der Waals surface area contributed by atoms with Gasteiger partial charge in [-0.3, -0.25) is 4.79 Å². The van der Waals surface area contributed by atoms with Crippen molar-refractivity contribution in [3.05, 3.63) is 78.4 Å². The fourth-order valence-corrected chi connectivity index (χ4v) is 1.92. The third kappa shape index (κ3) is 3.68. The Morgan fingerprint density at radius 2 is 1.57 bits per heavy atom. The zero-order valence-electron chi connectivity index (χ0n) is 12.0. The van der Waals surface area contributed by atoms with Crippen LogP contribution in [-0.4, -0.2) is 15.9 Å². The van der Waals surface area contributed by atoms with Gasteiger partial charge in [0.25, 0.3) is 5.91 Å². The molecule has 0 aliphatic carbocycles. The Balaban J connectivity index is 1.69. The minimum absolute atomic E-state index is 0.115. The number of rotatable bonds is 4. The first-order valence-corrected chi connectivity index (χ1v) is 6.92. The maximum atomic E-state index is 13.5. The number of halogens is 1. The third-order valence-corrected chi connectivity index (χ3v) is 3.07. The molecule has 1 heterocycles. The molecule has 1 amide bonds. The number of anilines is 3. The zero-order chi connectivity index (χ0) is 16.1. The van der Waals surface area contributed by atoms with Crippen LogP contribution in [-0.2, 0) is 0 Å². The average molecular weight is 308 g/mol. The number of hydrogen-bond donors (Lipinski definition) is 2. The van der Waals surface area contributed by atoms with Crippen molar-refractivity contribution in [3.63, 3.8) is 0 Å². The smallest absolute Gasteiger partial charge is 0.258 e. The van der Waals surface area contributed by atoms with Gasteiger partial charge in [-0.25, -0.2) is 14.4 Å². The molecule has 1 aromatic heterocycles. The van der Waals surface area contributed by atoms with Crippen LogP contribution >= 0.6 is 0 Å². The molecule has 0 saturated carbocycles. The molecule has 0 aliphatic heterocycles. The molecule has 0 atom stereocenters. The van der Waals surface area contributed by atoms with E-state index in [2.05, 4.69) is 20.6 Å². The first-order chi connectivity index (χ1) is 11.2.